The van der Waals surface area contributed by atoms with E-state index < -0.39 is 4.92 Å². The monoisotopic (exact) mass is 331 g/mol. The summed E-state index contributed by atoms with van der Waals surface area (Å²) in [7, 11) is 0. The number of carbonyl (C=O) groups is 1. The van der Waals surface area contributed by atoms with Crippen LogP contribution in [0.1, 0.15) is 16.7 Å². The van der Waals surface area contributed by atoms with Crippen molar-refractivity contribution in [2.75, 3.05) is 5.75 Å². The number of aryl methyl sites for hydroxylation is 2. The van der Waals surface area contributed by atoms with Gasteiger partial charge in [0, 0.05) is 17.4 Å². The van der Waals surface area contributed by atoms with Gasteiger partial charge in [-0.3, -0.25) is 14.9 Å². The number of nitrogens with zero attached hydrogens (tertiary/aromatic N) is 1. The Bertz CT molecular complexity index is 713. The Morgan fingerprint density at radius 3 is 2.48 bits per heavy atom. The van der Waals surface area contributed by atoms with Crippen LogP contribution < -0.4 is 4.74 Å². The molecule has 2 rings (SSSR count). The van der Waals surface area contributed by atoms with Crippen LogP contribution in [0, 0.1) is 24.0 Å². The van der Waals surface area contributed by atoms with Crippen LogP contribution in [0.25, 0.3) is 0 Å². The maximum absolute atomic E-state index is 11.8. The molecule has 0 fully saturated rings. The molecule has 6 heteroatoms. The summed E-state index contributed by atoms with van der Waals surface area (Å²) >= 11 is 1.47. The van der Waals surface area contributed by atoms with Crippen LogP contribution in [-0.4, -0.2) is 16.6 Å². The van der Waals surface area contributed by atoms with Gasteiger partial charge in [0.25, 0.3) is 5.69 Å². The summed E-state index contributed by atoms with van der Waals surface area (Å²) in [6.07, 6.45) is 0. The average molecular weight is 331 g/mol. The first-order valence-electron chi connectivity index (χ1n) is 7.04. The van der Waals surface area contributed by atoms with Crippen molar-refractivity contribution >= 4 is 23.4 Å². The van der Waals surface area contributed by atoms with Crippen molar-refractivity contribution in [1.82, 2.24) is 0 Å². The fourth-order valence-corrected chi connectivity index (χ4v) is 2.75. The van der Waals surface area contributed by atoms with Crippen LogP contribution >= 0.6 is 11.8 Å². The smallest absolute Gasteiger partial charge is 0.321 e. The van der Waals surface area contributed by atoms with Crippen molar-refractivity contribution in [3.63, 3.8) is 0 Å². The fraction of sp³-hybridized carbons (Fsp3) is 0.235. The van der Waals surface area contributed by atoms with Crippen molar-refractivity contribution in [2.45, 2.75) is 19.6 Å². The van der Waals surface area contributed by atoms with Crippen molar-refractivity contribution in [3.05, 3.63) is 69.3 Å². The predicted octanol–water partition coefficient (Wildman–Crippen LogP) is 4.05. The van der Waals surface area contributed by atoms with E-state index in [0.717, 1.165) is 11.3 Å². The van der Waals surface area contributed by atoms with E-state index in [-0.39, 0.29) is 17.4 Å². The number of hydrogen-bond acceptors (Lipinski definition) is 5. The first-order valence-corrected chi connectivity index (χ1v) is 8.20. The Balaban J connectivity index is 1.84. The highest BCUT2D eigenvalue weighted by Gasteiger charge is 2.12. The number of nitro groups is 1. The Labute approximate surface area is 138 Å². The van der Waals surface area contributed by atoms with Crippen molar-refractivity contribution in [2.24, 2.45) is 0 Å². The normalized spacial score (nSPS) is 10.3. The molecule has 0 spiro atoms. The molecular weight excluding hydrogens is 314 g/mol. The molecule has 0 bridgehead atoms. The Morgan fingerprint density at radius 1 is 1.17 bits per heavy atom. The number of nitro benzene ring substituents is 1. The van der Waals surface area contributed by atoms with Gasteiger partial charge >= 0.3 is 5.97 Å². The lowest BCUT2D eigenvalue weighted by atomic mass is 10.2. The van der Waals surface area contributed by atoms with Gasteiger partial charge in [-0.05, 0) is 31.5 Å². The summed E-state index contributed by atoms with van der Waals surface area (Å²) in [6.45, 7) is 3.64. The van der Waals surface area contributed by atoms with E-state index in [2.05, 4.69) is 0 Å². The lowest BCUT2D eigenvalue weighted by molar-refractivity contribution is -0.385. The zero-order valence-corrected chi connectivity index (χ0v) is 13.8. The van der Waals surface area contributed by atoms with Gasteiger partial charge in [0.1, 0.15) is 5.75 Å². The van der Waals surface area contributed by atoms with Crippen LogP contribution in [0.5, 0.6) is 5.75 Å². The summed E-state index contributed by atoms with van der Waals surface area (Å²) in [4.78, 5) is 22.1. The van der Waals surface area contributed by atoms with Gasteiger partial charge in [-0.15, -0.1) is 11.8 Å². The van der Waals surface area contributed by atoms with Crippen LogP contribution in [0.4, 0.5) is 5.69 Å². The van der Waals surface area contributed by atoms with Crippen LogP contribution in [0.15, 0.2) is 42.5 Å². The largest absolute Gasteiger partial charge is 0.426 e. The lowest BCUT2D eigenvalue weighted by Gasteiger charge is -2.06. The summed E-state index contributed by atoms with van der Waals surface area (Å²) in [6, 6.07) is 12.4. The molecule has 2 aromatic rings. The minimum atomic E-state index is -0.460. The predicted molar refractivity (Wildman–Crippen MR) is 90.8 cm³/mol. The average Bonchev–Trinajstić information content (AvgIpc) is 2.49. The zero-order valence-electron chi connectivity index (χ0n) is 12.9. The van der Waals surface area contributed by atoms with E-state index in [1.54, 1.807) is 6.92 Å². The molecule has 0 saturated carbocycles. The summed E-state index contributed by atoms with van der Waals surface area (Å²) in [5.74, 6) is 0.919. The minimum Gasteiger partial charge on any atom is -0.426 e. The topological polar surface area (TPSA) is 69.4 Å². The quantitative estimate of drug-likeness (QED) is 0.346. The molecule has 0 radical (unpaired) electrons. The van der Waals surface area contributed by atoms with Crippen molar-refractivity contribution < 1.29 is 14.5 Å². The zero-order chi connectivity index (χ0) is 16.8. The van der Waals surface area contributed by atoms with Crippen LogP contribution in [-0.2, 0) is 10.5 Å². The van der Waals surface area contributed by atoms with Gasteiger partial charge in [0.15, 0.2) is 0 Å². The third-order valence-electron chi connectivity index (χ3n) is 3.21. The molecule has 23 heavy (non-hydrogen) atoms. The third-order valence-corrected chi connectivity index (χ3v) is 4.18. The Hall–Kier alpha value is -2.34. The highest BCUT2D eigenvalue weighted by atomic mass is 32.2. The molecule has 0 amide bonds. The van der Waals surface area contributed by atoms with Gasteiger partial charge in [-0.25, -0.2) is 0 Å². The molecule has 0 aliphatic rings. The second-order valence-corrected chi connectivity index (χ2v) is 6.14. The molecule has 0 saturated heterocycles. The number of carbonyl (C=O) groups excluding carboxylic acids is 1. The number of esters is 1. The number of hydrogen-bond donors (Lipinski definition) is 0. The highest BCUT2D eigenvalue weighted by Crippen LogP contribution is 2.23. The van der Waals surface area contributed by atoms with E-state index >= 15 is 0 Å². The first kappa shape index (κ1) is 17.0. The Kier molecular flexibility index (Phi) is 5.76. The number of ether oxygens (including phenoxy) is 1. The van der Waals surface area contributed by atoms with Crippen LogP contribution in [0.2, 0.25) is 0 Å². The summed E-state index contributed by atoms with van der Waals surface area (Å²) < 4.78 is 5.20. The molecule has 120 valence electrons. The number of benzene rings is 2. The number of thioether (sulfide) groups is 1. The Morgan fingerprint density at radius 2 is 1.87 bits per heavy atom. The first-order chi connectivity index (χ1) is 11.0. The van der Waals surface area contributed by atoms with Gasteiger partial charge < -0.3 is 4.74 Å². The van der Waals surface area contributed by atoms with Crippen molar-refractivity contribution in [3.8, 4) is 5.75 Å². The molecule has 5 nitrogen and oxygen atoms in total. The summed E-state index contributed by atoms with van der Waals surface area (Å²) in [5, 5.41) is 10.7. The molecule has 0 atom stereocenters. The standard InChI is InChI=1S/C17H17NO4S/c1-12-3-5-14(6-4-12)10-23-11-17(19)22-15-7-8-16(18(20)21)13(2)9-15/h3-9H,10-11H2,1-2H3. The lowest BCUT2D eigenvalue weighted by Crippen LogP contribution is -2.11. The molecular formula is C17H17NO4S. The second-order valence-electron chi connectivity index (χ2n) is 5.16. The fourth-order valence-electron chi connectivity index (χ4n) is 1.99. The van der Waals surface area contributed by atoms with Gasteiger partial charge in [-0.2, -0.15) is 0 Å². The number of rotatable bonds is 6. The maximum atomic E-state index is 11.8. The van der Waals surface area contributed by atoms with Crippen molar-refractivity contribution in [1.29, 1.82) is 0 Å². The molecule has 0 aliphatic carbocycles. The second kappa shape index (κ2) is 7.78. The highest BCUT2D eigenvalue weighted by molar-refractivity contribution is 7.99. The van der Waals surface area contributed by atoms with E-state index in [9.17, 15) is 14.9 Å². The van der Waals surface area contributed by atoms with E-state index in [0.29, 0.717) is 11.3 Å². The van der Waals surface area contributed by atoms with E-state index in [1.165, 1.54) is 35.5 Å². The molecule has 0 aromatic heterocycles. The minimum absolute atomic E-state index is 0.0125. The van der Waals surface area contributed by atoms with Gasteiger partial charge in [-0.1, -0.05) is 29.8 Å². The molecule has 0 heterocycles. The SMILES string of the molecule is Cc1ccc(CSCC(=O)Oc2ccc([N+](=O)[O-])c(C)c2)cc1. The molecule has 0 unspecified atom stereocenters. The summed E-state index contributed by atoms with van der Waals surface area (Å²) in [5.41, 5.74) is 2.83. The van der Waals surface area contributed by atoms with Gasteiger partial charge in [0.05, 0.1) is 10.7 Å². The third kappa shape index (κ3) is 5.10. The molecule has 0 aliphatic heterocycles. The molecule has 2 aromatic carbocycles. The van der Waals surface area contributed by atoms with E-state index in [1.807, 2.05) is 31.2 Å². The van der Waals surface area contributed by atoms with Crippen LogP contribution in [0.3, 0.4) is 0 Å². The van der Waals surface area contributed by atoms with Gasteiger partial charge in [0.2, 0.25) is 0 Å². The molecule has 0 N–H and O–H groups in total. The van der Waals surface area contributed by atoms with E-state index in [4.69, 9.17) is 4.74 Å². The maximum Gasteiger partial charge on any atom is 0.321 e.